The number of rotatable bonds is 4. The van der Waals surface area contributed by atoms with Gasteiger partial charge in [-0.2, -0.15) is 0 Å². The van der Waals surface area contributed by atoms with E-state index in [4.69, 9.17) is 0 Å². The molecule has 0 aliphatic heterocycles. The Morgan fingerprint density at radius 2 is 1.95 bits per heavy atom. The van der Waals surface area contributed by atoms with Crippen LogP contribution >= 0.6 is 0 Å². The van der Waals surface area contributed by atoms with Crippen molar-refractivity contribution in [1.82, 2.24) is 10.6 Å². The third kappa shape index (κ3) is 4.99. The number of carbonyl (C=O) groups is 2. The van der Waals surface area contributed by atoms with Crippen LogP contribution in [0.25, 0.3) is 0 Å². The van der Waals surface area contributed by atoms with E-state index in [1.165, 1.54) is 12.1 Å². The second-order valence-electron chi connectivity index (χ2n) is 5.79. The molecule has 0 saturated heterocycles. The maximum Gasteiger partial charge on any atom is 0.242 e. The van der Waals surface area contributed by atoms with Crippen molar-refractivity contribution < 1.29 is 14.0 Å². The van der Waals surface area contributed by atoms with E-state index in [-0.39, 0.29) is 24.2 Å². The molecule has 20 heavy (non-hydrogen) atoms. The smallest absolute Gasteiger partial charge is 0.242 e. The van der Waals surface area contributed by atoms with Gasteiger partial charge in [0.2, 0.25) is 11.8 Å². The molecule has 2 amide bonds. The van der Waals surface area contributed by atoms with Crippen molar-refractivity contribution in [2.75, 3.05) is 0 Å². The van der Waals surface area contributed by atoms with Crippen LogP contribution < -0.4 is 10.6 Å². The first kappa shape index (κ1) is 16.1. The Labute approximate surface area is 118 Å². The lowest BCUT2D eigenvalue weighted by atomic mass is 9.95. The second kappa shape index (κ2) is 6.50. The standard InChI is InChI=1S/C15H21FN2O2/c1-10(18-14(20)15(2,3)4)13(19)17-9-11-6-5-7-12(16)8-11/h5-8,10H,9H2,1-4H3,(H,17,19)(H,18,20). The van der Waals surface area contributed by atoms with Gasteiger partial charge in [0.1, 0.15) is 11.9 Å². The molecule has 5 heteroatoms. The Hall–Kier alpha value is -1.91. The van der Waals surface area contributed by atoms with E-state index in [0.717, 1.165) is 0 Å². The van der Waals surface area contributed by atoms with Gasteiger partial charge in [0.05, 0.1) is 0 Å². The minimum atomic E-state index is -0.629. The van der Waals surface area contributed by atoms with Crippen LogP contribution in [0.1, 0.15) is 33.3 Å². The van der Waals surface area contributed by atoms with E-state index >= 15 is 0 Å². The predicted octanol–water partition coefficient (Wildman–Crippen LogP) is 1.99. The first-order chi connectivity index (χ1) is 9.20. The molecule has 4 nitrogen and oxygen atoms in total. The fourth-order valence-electron chi connectivity index (χ4n) is 1.47. The van der Waals surface area contributed by atoms with E-state index in [0.29, 0.717) is 5.56 Å². The molecule has 0 heterocycles. The Kier molecular flexibility index (Phi) is 5.25. The summed E-state index contributed by atoms with van der Waals surface area (Å²) in [5.74, 6) is -0.830. The number of amides is 2. The highest BCUT2D eigenvalue weighted by Gasteiger charge is 2.24. The zero-order valence-electron chi connectivity index (χ0n) is 12.3. The molecule has 1 atom stereocenters. The van der Waals surface area contributed by atoms with E-state index in [2.05, 4.69) is 10.6 Å². The Balaban J connectivity index is 2.48. The maximum atomic E-state index is 13.0. The molecule has 0 saturated carbocycles. The molecule has 0 bridgehead atoms. The lowest BCUT2D eigenvalue weighted by Crippen LogP contribution is -2.48. The number of halogens is 1. The molecule has 0 aliphatic carbocycles. The molecule has 1 unspecified atom stereocenters. The highest BCUT2D eigenvalue weighted by molar-refractivity contribution is 5.89. The van der Waals surface area contributed by atoms with Gasteiger partial charge in [-0.3, -0.25) is 9.59 Å². The molecule has 1 aromatic rings. The number of carbonyl (C=O) groups excluding carboxylic acids is 2. The number of hydrogen-bond acceptors (Lipinski definition) is 2. The van der Waals surface area contributed by atoms with Crippen LogP contribution in [-0.2, 0) is 16.1 Å². The van der Waals surface area contributed by atoms with Crippen molar-refractivity contribution in [3.8, 4) is 0 Å². The Morgan fingerprint density at radius 3 is 2.50 bits per heavy atom. The van der Waals surface area contributed by atoms with Crippen molar-refractivity contribution in [3.05, 3.63) is 35.6 Å². The number of benzene rings is 1. The molecule has 0 aliphatic rings. The third-order valence-corrected chi connectivity index (χ3v) is 2.78. The van der Waals surface area contributed by atoms with E-state index < -0.39 is 11.5 Å². The molecule has 1 rings (SSSR count). The van der Waals surface area contributed by atoms with Crippen LogP contribution in [0, 0.1) is 11.2 Å². The summed E-state index contributed by atoms with van der Waals surface area (Å²) in [5, 5.41) is 5.30. The van der Waals surface area contributed by atoms with Gasteiger partial charge in [0, 0.05) is 12.0 Å². The molecule has 1 aromatic carbocycles. The van der Waals surface area contributed by atoms with Crippen molar-refractivity contribution in [1.29, 1.82) is 0 Å². The van der Waals surface area contributed by atoms with Gasteiger partial charge in [-0.15, -0.1) is 0 Å². The normalized spacial score (nSPS) is 12.7. The van der Waals surface area contributed by atoms with Gasteiger partial charge in [-0.1, -0.05) is 32.9 Å². The molecule has 2 N–H and O–H groups in total. The van der Waals surface area contributed by atoms with Crippen LogP contribution in [0.15, 0.2) is 24.3 Å². The van der Waals surface area contributed by atoms with Crippen molar-refractivity contribution >= 4 is 11.8 Å². The van der Waals surface area contributed by atoms with Gasteiger partial charge < -0.3 is 10.6 Å². The Morgan fingerprint density at radius 1 is 1.30 bits per heavy atom. The van der Waals surface area contributed by atoms with Crippen LogP contribution in [-0.4, -0.2) is 17.9 Å². The minimum absolute atomic E-state index is 0.189. The molecular formula is C15H21FN2O2. The van der Waals surface area contributed by atoms with E-state index in [9.17, 15) is 14.0 Å². The zero-order valence-corrected chi connectivity index (χ0v) is 12.3. The summed E-state index contributed by atoms with van der Waals surface area (Å²) in [6.45, 7) is 7.18. The summed E-state index contributed by atoms with van der Waals surface area (Å²) in [5.41, 5.74) is 0.129. The zero-order chi connectivity index (χ0) is 15.3. The van der Waals surface area contributed by atoms with Gasteiger partial charge in [0.15, 0.2) is 0 Å². The van der Waals surface area contributed by atoms with Crippen LogP contribution in [0.2, 0.25) is 0 Å². The van der Waals surface area contributed by atoms with Crippen LogP contribution in [0.4, 0.5) is 4.39 Å². The second-order valence-corrected chi connectivity index (χ2v) is 5.79. The monoisotopic (exact) mass is 280 g/mol. The molecule has 0 aromatic heterocycles. The molecule has 0 radical (unpaired) electrons. The predicted molar refractivity (Wildman–Crippen MR) is 75.3 cm³/mol. The summed E-state index contributed by atoms with van der Waals surface area (Å²) in [6.07, 6.45) is 0. The summed E-state index contributed by atoms with van der Waals surface area (Å²) < 4.78 is 13.0. The molecule has 110 valence electrons. The molecule has 0 spiro atoms. The van der Waals surface area contributed by atoms with Crippen molar-refractivity contribution in [2.24, 2.45) is 5.41 Å². The Bertz CT molecular complexity index is 495. The quantitative estimate of drug-likeness (QED) is 0.886. The first-order valence-electron chi connectivity index (χ1n) is 6.53. The highest BCUT2D eigenvalue weighted by Crippen LogP contribution is 2.12. The molecular weight excluding hydrogens is 259 g/mol. The SMILES string of the molecule is CC(NC(=O)C(C)(C)C)C(=O)NCc1cccc(F)c1. The van der Waals surface area contributed by atoms with Crippen LogP contribution in [0.3, 0.4) is 0 Å². The van der Waals surface area contributed by atoms with Gasteiger partial charge in [0.25, 0.3) is 0 Å². The summed E-state index contributed by atoms with van der Waals surface area (Å²) in [6, 6.07) is 5.38. The van der Waals surface area contributed by atoms with Crippen molar-refractivity contribution in [3.63, 3.8) is 0 Å². The fourth-order valence-corrected chi connectivity index (χ4v) is 1.47. The van der Waals surface area contributed by atoms with E-state index in [1.807, 2.05) is 0 Å². The maximum absolute atomic E-state index is 13.0. The van der Waals surface area contributed by atoms with Crippen molar-refractivity contribution in [2.45, 2.75) is 40.3 Å². The summed E-state index contributed by atoms with van der Waals surface area (Å²) in [4.78, 5) is 23.6. The van der Waals surface area contributed by atoms with Gasteiger partial charge >= 0.3 is 0 Å². The average Bonchev–Trinajstić information content (AvgIpc) is 2.34. The molecule has 0 fully saturated rings. The lowest BCUT2D eigenvalue weighted by molar-refractivity contribution is -0.133. The van der Waals surface area contributed by atoms with Gasteiger partial charge in [-0.25, -0.2) is 4.39 Å². The fraction of sp³-hybridized carbons (Fsp3) is 0.467. The number of nitrogens with one attached hydrogen (secondary N) is 2. The van der Waals surface area contributed by atoms with Crippen LogP contribution in [0.5, 0.6) is 0 Å². The topological polar surface area (TPSA) is 58.2 Å². The average molecular weight is 280 g/mol. The lowest BCUT2D eigenvalue weighted by Gasteiger charge is -2.21. The summed E-state index contributed by atoms with van der Waals surface area (Å²) in [7, 11) is 0. The third-order valence-electron chi connectivity index (χ3n) is 2.78. The van der Waals surface area contributed by atoms with E-state index in [1.54, 1.807) is 39.8 Å². The highest BCUT2D eigenvalue weighted by atomic mass is 19.1. The minimum Gasteiger partial charge on any atom is -0.350 e. The van der Waals surface area contributed by atoms with Gasteiger partial charge in [-0.05, 0) is 24.6 Å². The number of hydrogen-bond donors (Lipinski definition) is 2. The summed E-state index contributed by atoms with van der Waals surface area (Å²) >= 11 is 0. The first-order valence-corrected chi connectivity index (χ1v) is 6.53. The largest absolute Gasteiger partial charge is 0.350 e.